The van der Waals surface area contributed by atoms with Crippen molar-refractivity contribution in [1.82, 2.24) is 9.80 Å². The Bertz CT molecular complexity index is 929. The summed E-state index contributed by atoms with van der Waals surface area (Å²) < 4.78 is 14.4. The number of hydrogen-bond donors (Lipinski definition) is 0. The lowest BCUT2D eigenvalue weighted by atomic mass is 9.88. The van der Waals surface area contributed by atoms with Gasteiger partial charge in [-0.15, -0.1) is 12.4 Å². The highest BCUT2D eigenvalue weighted by Gasteiger charge is 2.57. The lowest BCUT2D eigenvalue weighted by Gasteiger charge is -2.29. The lowest BCUT2D eigenvalue weighted by Crippen LogP contribution is -2.40. The van der Waals surface area contributed by atoms with Gasteiger partial charge in [-0.2, -0.15) is 0 Å². The molecule has 2 aromatic carbocycles. The van der Waals surface area contributed by atoms with Gasteiger partial charge in [0.15, 0.2) is 0 Å². The molecule has 0 N–H and O–H groups in total. The van der Waals surface area contributed by atoms with Crippen LogP contribution in [0.4, 0.5) is 4.39 Å². The number of carbonyl (C=O) groups excluding carboxylic acids is 1. The van der Waals surface area contributed by atoms with Crippen LogP contribution in [0.25, 0.3) is 0 Å². The first-order chi connectivity index (χ1) is 13.5. The zero-order valence-electron chi connectivity index (χ0n) is 17.0. The van der Waals surface area contributed by atoms with Crippen molar-refractivity contribution < 1.29 is 9.18 Å². The van der Waals surface area contributed by atoms with Gasteiger partial charge in [-0.25, -0.2) is 4.39 Å². The van der Waals surface area contributed by atoms with Crippen LogP contribution in [0, 0.1) is 24.6 Å². The molecule has 1 saturated carbocycles. The molecule has 0 bridgehead atoms. The highest BCUT2D eigenvalue weighted by atomic mass is 35.5. The molecular weight excluding hydrogens is 387 g/mol. The van der Waals surface area contributed by atoms with Crippen molar-refractivity contribution in [3.63, 3.8) is 0 Å². The van der Waals surface area contributed by atoms with Gasteiger partial charge in [0.2, 0.25) is 5.91 Å². The number of amides is 1. The van der Waals surface area contributed by atoms with Crippen molar-refractivity contribution in [3.05, 3.63) is 71.0 Å². The molecule has 1 amide bonds. The summed E-state index contributed by atoms with van der Waals surface area (Å²) in [6, 6.07) is 15.8. The van der Waals surface area contributed by atoms with E-state index < -0.39 is 5.41 Å². The van der Waals surface area contributed by atoms with Crippen LogP contribution in [0.2, 0.25) is 0 Å². The van der Waals surface area contributed by atoms with Crippen LogP contribution in [0.1, 0.15) is 35.6 Å². The maximum absolute atomic E-state index is 14.4. The van der Waals surface area contributed by atoms with Crippen LogP contribution in [0.3, 0.4) is 0 Å². The van der Waals surface area contributed by atoms with E-state index in [0.717, 1.165) is 32.5 Å². The largest absolute Gasteiger partial charge is 0.341 e. The number of fused-ring (bicyclic) bond motifs is 1. The minimum atomic E-state index is -0.617. The fraction of sp³-hybridized carbons (Fsp3) is 0.458. The highest BCUT2D eigenvalue weighted by molar-refractivity contribution is 5.91. The average Bonchev–Trinajstić information content (AvgIpc) is 3.30. The molecule has 154 valence electrons. The normalized spacial score (nSPS) is 27.4. The molecule has 2 aromatic rings. The van der Waals surface area contributed by atoms with Gasteiger partial charge < -0.3 is 4.90 Å². The van der Waals surface area contributed by atoms with E-state index in [1.807, 2.05) is 11.0 Å². The molecule has 3 atom stereocenters. The van der Waals surface area contributed by atoms with E-state index in [4.69, 9.17) is 0 Å². The second kappa shape index (κ2) is 7.41. The van der Waals surface area contributed by atoms with Crippen LogP contribution in [-0.2, 0) is 10.2 Å². The number of hydrogen-bond acceptors (Lipinski definition) is 2. The first-order valence-corrected chi connectivity index (χ1v) is 10.3. The quantitative estimate of drug-likeness (QED) is 0.745. The molecule has 3 aliphatic rings. The van der Waals surface area contributed by atoms with Crippen LogP contribution >= 0.6 is 12.4 Å². The SMILES string of the molecule is Cc1ccccc1[C@H]1[C@@H]2CN(C(=O)C3(c4ccccc4F)CC3)C[C@@H]2CN1C.Cl. The summed E-state index contributed by atoms with van der Waals surface area (Å²) in [5.41, 5.74) is 2.66. The average molecular weight is 415 g/mol. The maximum Gasteiger partial charge on any atom is 0.233 e. The van der Waals surface area contributed by atoms with Gasteiger partial charge in [-0.1, -0.05) is 42.5 Å². The van der Waals surface area contributed by atoms with Crippen molar-refractivity contribution in [2.45, 2.75) is 31.2 Å². The molecule has 2 saturated heterocycles. The Morgan fingerprint density at radius 1 is 1.03 bits per heavy atom. The molecule has 5 rings (SSSR count). The molecule has 1 aliphatic carbocycles. The minimum Gasteiger partial charge on any atom is -0.341 e. The van der Waals surface area contributed by atoms with Crippen molar-refractivity contribution in [2.75, 3.05) is 26.7 Å². The Hall–Kier alpha value is -1.91. The Labute approximate surface area is 178 Å². The Morgan fingerprint density at radius 2 is 1.72 bits per heavy atom. The number of aryl methyl sites for hydroxylation is 1. The first kappa shape index (κ1) is 20.4. The number of carbonyl (C=O) groups is 1. The summed E-state index contributed by atoms with van der Waals surface area (Å²) in [5, 5.41) is 0. The van der Waals surface area contributed by atoms with E-state index in [0.29, 0.717) is 23.4 Å². The monoisotopic (exact) mass is 414 g/mol. The summed E-state index contributed by atoms with van der Waals surface area (Å²) >= 11 is 0. The molecule has 2 aliphatic heterocycles. The van der Waals surface area contributed by atoms with Crippen LogP contribution in [0.15, 0.2) is 48.5 Å². The van der Waals surface area contributed by atoms with Crippen LogP contribution < -0.4 is 0 Å². The number of halogens is 2. The third-order valence-electron chi connectivity index (χ3n) is 7.24. The molecule has 29 heavy (non-hydrogen) atoms. The van der Waals surface area contributed by atoms with E-state index in [-0.39, 0.29) is 24.1 Å². The molecule has 5 heteroatoms. The summed E-state index contributed by atoms with van der Waals surface area (Å²) in [6.45, 7) is 4.77. The Morgan fingerprint density at radius 3 is 2.41 bits per heavy atom. The van der Waals surface area contributed by atoms with Gasteiger partial charge in [0.1, 0.15) is 5.82 Å². The predicted molar refractivity (Wildman–Crippen MR) is 115 cm³/mol. The first-order valence-electron chi connectivity index (χ1n) is 10.3. The summed E-state index contributed by atoms with van der Waals surface area (Å²) in [4.78, 5) is 17.9. The van der Waals surface area contributed by atoms with Gasteiger partial charge >= 0.3 is 0 Å². The lowest BCUT2D eigenvalue weighted by molar-refractivity contribution is -0.133. The van der Waals surface area contributed by atoms with E-state index in [2.05, 4.69) is 43.1 Å². The zero-order valence-corrected chi connectivity index (χ0v) is 17.8. The molecule has 2 heterocycles. The second-order valence-electron chi connectivity index (χ2n) is 8.94. The number of likely N-dealkylation sites (tertiary alicyclic amines) is 2. The summed E-state index contributed by atoms with van der Waals surface area (Å²) in [7, 11) is 2.20. The second-order valence-corrected chi connectivity index (χ2v) is 8.94. The van der Waals surface area contributed by atoms with Gasteiger partial charge in [-0.05, 0) is 49.9 Å². The van der Waals surface area contributed by atoms with Gasteiger partial charge in [0.25, 0.3) is 0 Å². The molecule has 3 nitrogen and oxygen atoms in total. The maximum atomic E-state index is 14.4. The molecular formula is C24H28ClFN2O. The highest BCUT2D eigenvalue weighted by Crippen LogP contribution is 2.52. The van der Waals surface area contributed by atoms with E-state index in [9.17, 15) is 9.18 Å². The van der Waals surface area contributed by atoms with Crippen molar-refractivity contribution in [1.29, 1.82) is 0 Å². The molecule has 0 radical (unpaired) electrons. The number of rotatable bonds is 3. The fourth-order valence-electron chi connectivity index (χ4n) is 5.69. The van der Waals surface area contributed by atoms with E-state index in [1.165, 1.54) is 17.2 Å². The van der Waals surface area contributed by atoms with E-state index >= 15 is 0 Å². The Balaban J connectivity index is 0.00000205. The smallest absolute Gasteiger partial charge is 0.233 e. The van der Waals surface area contributed by atoms with Crippen LogP contribution in [0.5, 0.6) is 0 Å². The van der Waals surface area contributed by atoms with Gasteiger partial charge in [-0.3, -0.25) is 9.69 Å². The predicted octanol–water partition coefficient (Wildman–Crippen LogP) is 4.35. The fourth-order valence-corrected chi connectivity index (χ4v) is 5.69. The van der Waals surface area contributed by atoms with Gasteiger partial charge in [0.05, 0.1) is 5.41 Å². The zero-order chi connectivity index (χ0) is 19.5. The van der Waals surface area contributed by atoms with Crippen molar-refractivity contribution in [2.24, 2.45) is 11.8 Å². The minimum absolute atomic E-state index is 0. The standard InChI is InChI=1S/C24H27FN2O.ClH/c1-16-7-3-4-8-18(16)22-19-15-27(14-17(19)13-26(22)2)23(28)24(11-12-24)20-9-5-6-10-21(20)25;/h3-10,17,19,22H,11-15H2,1-2H3;1H/t17-,19+,22-;/m0./s1. The molecule has 0 aromatic heterocycles. The number of benzene rings is 2. The molecule has 0 unspecified atom stereocenters. The van der Waals surface area contributed by atoms with E-state index in [1.54, 1.807) is 12.1 Å². The summed E-state index contributed by atoms with van der Waals surface area (Å²) in [6.07, 6.45) is 1.53. The third kappa shape index (κ3) is 3.17. The van der Waals surface area contributed by atoms with Crippen molar-refractivity contribution >= 4 is 18.3 Å². The van der Waals surface area contributed by atoms with Gasteiger partial charge in [0, 0.05) is 37.2 Å². The Kier molecular flexibility index (Phi) is 5.20. The topological polar surface area (TPSA) is 23.6 Å². The summed E-state index contributed by atoms with van der Waals surface area (Å²) in [5.74, 6) is 0.838. The number of nitrogens with zero attached hydrogens (tertiary/aromatic N) is 2. The molecule has 3 fully saturated rings. The van der Waals surface area contributed by atoms with Crippen LogP contribution in [-0.4, -0.2) is 42.4 Å². The third-order valence-corrected chi connectivity index (χ3v) is 7.24. The molecule has 0 spiro atoms. The van der Waals surface area contributed by atoms with Crippen molar-refractivity contribution in [3.8, 4) is 0 Å².